The fraction of sp³-hybridized carbons (Fsp3) is 0.0909. The highest BCUT2D eigenvalue weighted by Crippen LogP contribution is 2.29. The molecule has 0 fully saturated rings. The molecule has 1 amide bonds. The highest BCUT2D eigenvalue weighted by Gasteiger charge is 2.18. The van der Waals surface area contributed by atoms with Crippen molar-refractivity contribution < 1.29 is 9.53 Å². The molecule has 4 aromatic rings. The fourth-order valence-electron chi connectivity index (χ4n) is 3.23. The maximum Gasteiger partial charge on any atom is 0.254 e. The molecule has 0 unspecified atom stereocenters. The van der Waals surface area contributed by atoms with Crippen molar-refractivity contribution in [1.82, 2.24) is 9.72 Å². The summed E-state index contributed by atoms with van der Waals surface area (Å²) in [6.07, 6.45) is 1.92. The Morgan fingerprint density at radius 1 is 1.04 bits per heavy atom. The lowest BCUT2D eigenvalue weighted by Gasteiger charge is -2.05. The van der Waals surface area contributed by atoms with Crippen molar-refractivity contribution in [3.63, 3.8) is 0 Å². The van der Waals surface area contributed by atoms with Crippen molar-refractivity contribution in [3.8, 4) is 11.8 Å². The number of rotatable bonds is 5. The highest BCUT2D eigenvalue weighted by atomic mass is 16.5. The van der Waals surface area contributed by atoms with Crippen molar-refractivity contribution >= 4 is 22.3 Å². The van der Waals surface area contributed by atoms with Gasteiger partial charge in [-0.15, -0.1) is 0 Å². The third-order valence-corrected chi connectivity index (χ3v) is 4.44. The van der Waals surface area contributed by atoms with Gasteiger partial charge in [0, 0.05) is 24.2 Å². The van der Waals surface area contributed by atoms with Crippen LogP contribution in [-0.2, 0) is 6.54 Å². The molecule has 0 aliphatic rings. The summed E-state index contributed by atoms with van der Waals surface area (Å²) < 4.78 is 7.38. The molecule has 1 N–H and O–H groups in total. The minimum atomic E-state index is -0.122. The minimum absolute atomic E-state index is 0.0146. The van der Waals surface area contributed by atoms with Crippen LogP contribution in [0.4, 0.5) is 0 Å². The number of nitriles is 1. The standard InChI is InChI=1S/C22H17N3O2/c23-11-13-27-17-9-10-18-20(14-17)25-12-5-4-8-19(25)21(18)22(26)24-15-16-6-2-1-3-7-16/h1-10,12,14H,13,15H2,(H,24,26). The molecule has 0 radical (unpaired) electrons. The molecule has 4 rings (SSSR count). The predicted octanol–water partition coefficient (Wildman–Crippen LogP) is 3.92. The molecule has 0 aliphatic carbocycles. The molecule has 0 atom stereocenters. The Kier molecular flexibility index (Phi) is 4.46. The molecule has 0 saturated heterocycles. The first-order valence-corrected chi connectivity index (χ1v) is 8.62. The van der Waals surface area contributed by atoms with Gasteiger partial charge in [0.05, 0.1) is 16.6 Å². The Bertz CT molecular complexity index is 1160. The summed E-state index contributed by atoms with van der Waals surface area (Å²) in [6.45, 7) is 0.452. The predicted molar refractivity (Wildman–Crippen MR) is 104 cm³/mol. The van der Waals surface area contributed by atoms with E-state index >= 15 is 0 Å². The van der Waals surface area contributed by atoms with Crippen LogP contribution in [0.25, 0.3) is 16.4 Å². The summed E-state index contributed by atoms with van der Waals surface area (Å²) in [6, 6.07) is 23.0. The minimum Gasteiger partial charge on any atom is -0.479 e. The lowest BCUT2D eigenvalue weighted by atomic mass is 10.1. The number of hydrogen-bond donors (Lipinski definition) is 1. The maximum absolute atomic E-state index is 13.0. The monoisotopic (exact) mass is 355 g/mol. The second kappa shape index (κ2) is 7.22. The Morgan fingerprint density at radius 2 is 1.85 bits per heavy atom. The van der Waals surface area contributed by atoms with Gasteiger partial charge in [-0.1, -0.05) is 36.4 Å². The van der Waals surface area contributed by atoms with Crippen molar-refractivity contribution in [3.05, 3.63) is 84.1 Å². The van der Waals surface area contributed by atoms with E-state index in [2.05, 4.69) is 5.32 Å². The van der Waals surface area contributed by atoms with Gasteiger partial charge in [-0.05, 0) is 29.8 Å². The van der Waals surface area contributed by atoms with E-state index in [1.165, 1.54) is 0 Å². The number of hydrogen-bond acceptors (Lipinski definition) is 3. The maximum atomic E-state index is 13.0. The molecule has 0 spiro atoms. The van der Waals surface area contributed by atoms with E-state index in [0.717, 1.165) is 22.0 Å². The van der Waals surface area contributed by atoms with Gasteiger partial charge in [0.1, 0.15) is 11.8 Å². The molecule has 0 aliphatic heterocycles. The number of ether oxygens (including phenoxy) is 1. The van der Waals surface area contributed by atoms with E-state index < -0.39 is 0 Å². The average Bonchev–Trinajstić information content (AvgIpc) is 3.05. The smallest absolute Gasteiger partial charge is 0.254 e. The van der Waals surface area contributed by atoms with Crippen LogP contribution < -0.4 is 10.1 Å². The molecule has 27 heavy (non-hydrogen) atoms. The van der Waals surface area contributed by atoms with Crippen molar-refractivity contribution in [2.75, 3.05) is 6.61 Å². The van der Waals surface area contributed by atoms with Gasteiger partial charge in [-0.25, -0.2) is 0 Å². The fourth-order valence-corrected chi connectivity index (χ4v) is 3.23. The molecule has 2 heterocycles. The van der Waals surface area contributed by atoms with Crippen LogP contribution in [0.3, 0.4) is 0 Å². The van der Waals surface area contributed by atoms with Crippen LogP contribution in [0.15, 0.2) is 72.9 Å². The topological polar surface area (TPSA) is 66.5 Å². The number of amides is 1. The molecule has 0 bridgehead atoms. The number of aromatic nitrogens is 1. The molecule has 132 valence electrons. The first-order valence-electron chi connectivity index (χ1n) is 8.62. The van der Waals surface area contributed by atoms with Crippen LogP contribution in [-0.4, -0.2) is 16.9 Å². The Labute approximate surface area is 156 Å². The second-order valence-electron chi connectivity index (χ2n) is 6.12. The molecule has 2 aromatic heterocycles. The summed E-state index contributed by atoms with van der Waals surface area (Å²) in [5, 5.41) is 12.6. The number of fused-ring (bicyclic) bond motifs is 3. The van der Waals surface area contributed by atoms with Crippen LogP contribution in [0, 0.1) is 11.3 Å². The Hall–Kier alpha value is -3.78. The molecule has 5 nitrogen and oxygen atoms in total. The van der Waals surface area contributed by atoms with E-state index in [1.54, 1.807) is 6.07 Å². The molecule has 2 aromatic carbocycles. The lowest BCUT2D eigenvalue weighted by Crippen LogP contribution is -2.22. The van der Waals surface area contributed by atoms with Crippen molar-refractivity contribution in [2.45, 2.75) is 6.54 Å². The van der Waals surface area contributed by atoms with E-state index in [1.807, 2.05) is 77.3 Å². The SMILES string of the molecule is N#CCOc1ccc2c(C(=O)NCc3ccccc3)c3ccccn3c2c1. The highest BCUT2D eigenvalue weighted by molar-refractivity contribution is 6.14. The third-order valence-electron chi connectivity index (χ3n) is 4.44. The number of pyridine rings is 1. The first-order chi connectivity index (χ1) is 13.3. The summed E-state index contributed by atoms with van der Waals surface area (Å²) in [7, 11) is 0. The van der Waals surface area contributed by atoms with Gasteiger partial charge in [0.25, 0.3) is 5.91 Å². The van der Waals surface area contributed by atoms with Gasteiger partial charge in [0.2, 0.25) is 0 Å². The van der Waals surface area contributed by atoms with Crippen molar-refractivity contribution in [2.24, 2.45) is 0 Å². The summed E-state index contributed by atoms with van der Waals surface area (Å²) in [4.78, 5) is 13.0. The van der Waals surface area contributed by atoms with E-state index in [0.29, 0.717) is 17.9 Å². The summed E-state index contributed by atoms with van der Waals surface area (Å²) in [5.41, 5.74) is 3.38. The zero-order valence-electron chi connectivity index (χ0n) is 14.6. The van der Waals surface area contributed by atoms with Gasteiger partial charge in [-0.2, -0.15) is 5.26 Å². The van der Waals surface area contributed by atoms with Gasteiger partial charge >= 0.3 is 0 Å². The second-order valence-corrected chi connectivity index (χ2v) is 6.12. The summed E-state index contributed by atoms with van der Waals surface area (Å²) in [5.74, 6) is 0.479. The first kappa shape index (κ1) is 16.7. The summed E-state index contributed by atoms with van der Waals surface area (Å²) >= 11 is 0. The average molecular weight is 355 g/mol. The van der Waals surface area contributed by atoms with Crippen LogP contribution in [0.1, 0.15) is 15.9 Å². The molecule has 0 saturated carbocycles. The van der Waals surface area contributed by atoms with Crippen molar-refractivity contribution in [1.29, 1.82) is 5.26 Å². The van der Waals surface area contributed by atoms with Gasteiger partial charge < -0.3 is 14.5 Å². The zero-order chi connectivity index (χ0) is 18.6. The largest absolute Gasteiger partial charge is 0.479 e. The third kappa shape index (κ3) is 3.21. The number of carbonyl (C=O) groups excluding carboxylic acids is 1. The number of benzene rings is 2. The molecular weight excluding hydrogens is 338 g/mol. The normalized spacial score (nSPS) is 10.6. The van der Waals surface area contributed by atoms with Gasteiger partial charge in [0.15, 0.2) is 6.61 Å². The quantitative estimate of drug-likeness (QED) is 0.590. The molecule has 5 heteroatoms. The van der Waals surface area contributed by atoms with E-state index in [9.17, 15) is 4.79 Å². The van der Waals surface area contributed by atoms with Crippen LogP contribution >= 0.6 is 0 Å². The lowest BCUT2D eigenvalue weighted by molar-refractivity contribution is 0.0954. The van der Waals surface area contributed by atoms with Crippen LogP contribution in [0.5, 0.6) is 5.75 Å². The molecular formula is C22H17N3O2. The number of carbonyl (C=O) groups is 1. The zero-order valence-corrected chi connectivity index (χ0v) is 14.6. The van der Waals surface area contributed by atoms with E-state index in [-0.39, 0.29) is 12.5 Å². The Morgan fingerprint density at radius 3 is 2.67 bits per heavy atom. The van der Waals surface area contributed by atoms with Crippen LogP contribution in [0.2, 0.25) is 0 Å². The Balaban J connectivity index is 1.74. The van der Waals surface area contributed by atoms with E-state index in [4.69, 9.17) is 10.00 Å². The number of nitrogens with one attached hydrogen (secondary N) is 1. The number of nitrogens with zero attached hydrogens (tertiary/aromatic N) is 2. The van der Waals surface area contributed by atoms with Gasteiger partial charge in [-0.3, -0.25) is 4.79 Å².